The second-order valence-electron chi connectivity index (χ2n) is 16.7. The third-order valence-corrected chi connectivity index (χ3v) is 11.1. The molecular weight excluding hydrogens is 845 g/mol. The van der Waals surface area contributed by atoms with Crippen LogP contribution in [0.2, 0.25) is 0 Å². The highest BCUT2D eigenvalue weighted by Crippen LogP contribution is 2.21. The number of nitrogens with two attached hydrogens (primary N) is 3. The quantitative estimate of drug-likeness (QED) is 0.0247. The topological polar surface area (TPSA) is 355 Å². The van der Waals surface area contributed by atoms with Crippen LogP contribution in [0, 0.1) is 11.8 Å². The molecule has 1 heterocycles. The van der Waals surface area contributed by atoms with Crippen molar-refractivity contribution in [2.75, 3.05) is 33.2 Å². The van der Waals surface area contributed by atoms with E-state index in [0.717, 1.165) is 0 Å². The van der Waals surface area contributed by atoms with E-state index >= 15 is 0 Å². The Kier molecular flexibility index (Phi) is 23.7. The number of amides is 7. The molecule has 15 N–H and O–H groups in total. The number of carboxylic acid groups (broad SMARTS) is 1. The third-order valence-electron chi connectivity index (χ3n) is 11.1. The summed E-state index contributed by atoms with van der Waals surface area (Å²) in [5.41, 5.74) is 17.1. The van der Waals surface area contributed by atoms with Crippen LogP contribution in [0.15, 0.2) is 29.3 Å². The van der Waals surface area contributed by atoms with E-state index in [4.69, 9.17) is 17.2 Å². The molecule has 1 saturated heterocycles. The number of unbranched alkanes of at least 4 members (excludes halogenated alkanes) is 1. The number of benzene rings is 1. The predicted octanol–water partition coefficient (Wildman–Crippen LogP) is -1.96. The van der Waals surface area contributed by atoms with Crippen molar-refractivity contribution < 1.29 is 48.6 Å². The highest BCUT2D eigenvalue weighted by atomic mass is 16.4. The van der Waals surface area contributed by atoms with Gasteiger partial charge in [-0.15, -0.1) is 0 Å². The molecule has 22 heteroatoms. The van der Waals surface area contributed by atoms with E-state index in [1.807, 2.05) is 6.92 Å². The van der Waals surface area contributed by atoms with Crippen LogP contribution in [0.1, 0.15) is 91.5 Å². The summed E-state index contributed by atoms with van der Waals surface area (Å²) in [6.07, 6.45) is 2.68. The molecule has 65 heavy (non-hydrogen) atoms. The molecule has 8 atom stereocenters. The Morgan fingerprint density at radius 1 is 0.785 bits per heavy atom. The average Bonchev–Trinajstić information content (AvgIpc) is 3.75. The number of nitrogens with one attached hydrogen (secondary N) is 7. The van der Waals surface area contributed by atoms with Gasteiger partial charge in [0.05, 0.1) is 6.54 Å². The summed E-state index contributed by atoms with van der Waals surface area (Å²) in [4.78, 5) is 113. The molecule has 0 aliphatic carbocycles. The Morgan fingerprint density at radius 2 is 1.38 bits per heavy atom. The maximum Gasteiger partial charge on any atom is 0.325 e. The van der Waals surface area contributed by atoms with Gasteiger partial charge in [0.2, 0.25) is 41.4 Å². The number of carbonyl (C=O) groups is 8. The number of carbonyl (C=O) groups excluding carboxylic acids is 7. The van der Waals surface area contributed by atoms with Crippen LogP contribution in [0.3, 0.4) is 0 Å². The molecule has 0 unspecified atom stereocenters. The Bertz CT molecular complexity index is 1790. The first kappa shape index (κ1) is 55.1. The van der Waals surface area contributed by atoms with Crippen LogP contribution in [-0.4, -0.2) is 144 Å². The molecule has 1 aromatic rings. The number of hydrogen-bond donors (Lipinski definition) is 12. The van der Waals surface area contributed by atoms with Crippen molar-refractivity contribution in [1.82, 2.24) is 42.1 Å². The Morgan fingerprint density at radius 3 is 1.97 bits per heavy atom. The monoisotopic (exact) mass is 917 g/mol. The fourth-order valence-electron chi connectivity index (χ4n) is 7.15. The van der Waals surface area contributed by atoms with Gasteiger partial charge < -0.3 is 69.5 Å². The number of carboxylic acids is 1. The lowest BCUT2D eigenvalue weighted by Gasteiger charge is -2.32. The molecule has 0 radical (unpaired) electrons. The van der Waals surface area contributed by atoms with Crippen molar-refractivity contribution in [2.24, 2.45) is 34.0 Å². The largest absolute Gasteiger partial charge is 0.508 e. The summed E-state index contributed by atoms with van der Waals surface area (Å²) in [7, 11) is 1.57. The van der Waals surface area contributed by atoms with E-state index in [9.17, 15) is 48.6 Å². The van der Waals surface area contributed by atoms with Gasteiger partial charge in [0.15, 0.2) is 5.96 Å². The molecular formula is C43H72N12O10. The van der Waals surface area contributed by atoms with Gasteiger partial charge in [0.1, 0.15) is 48.0 Å². The number of likely N-dealkylation sites (N-methyl/N-ethyl adjacent to an activating group) is 1. The van der Waals surface area contributed by atoms with Crippen molar-refractivity contribution in [3.8, 4) is 5.75 Å². The van der Waals surface area contributed by atoms with Crippen LogP contribution < -0.4 is 54.4 Å². The van der Waals surface area contributed by atoms with Crippen molar-refractivity contribution >= 4 is 53.3 Å². The number of rotatable bonds is 28. The van der Waals surface area contributed by atoms with Gasteiger partial charge in [-0.3, -0.25) is 43.3 Å². The van der Waals surface area contributed by atoms with E-state index in [1.54, 1.807) is 40.0 Å². The van der Waals surface area contributed by atoms with E-state index in [0.29, 0.717) is 50.6 Å². The highest BCUT2D eigenvalue weighted by Gasteiger charge is 2.40. The highest BCUT2D eigenvalue weighted by molar-refractivity contribution is 5.98. The summed E-state index contributed by atoms with van der Waals surface area (Å²) < 4.78 is 0. The first-order valence-corrected chi connectivity index (χ1v) is 22.3. The number of guanidine groups is 1. The van der Waals surface area contributed by atoms with Gasteiger partial charge in [0.25, 0.3) is 0 Å². The second-order valence-corrected chi connectivity index (χ2v) is 16.7. The number of aromatic hydroxyl groups is 1. The van der Waals surface area contributed by atoms with Gasteiger partial charge in [-0.25, -0.2) is 0 Å². The van der Waals surface area contributed by atoms with Crippen LogP contribution in [0.4, 0.5) is 0 Å². The second kappa shape index (κ2) is 28.0. The maximum absolute atomic E-state index is 14.4. The van der Waals surface area contributed by atoms with E-state index in [1.165, 1.54) is 24.0 Å². The third kappa shape index (κ3) is 18.5. The molecule has 0 saturated carbocycles. The first-order chi connectivity index (χ1) is 30.7. The van der Waals surface area contributed by atoms with Gasteiger partial charge in [-0.1, -0.05) is 46.2 Å². The number of aliphatic carboxylic acids is 1. The summed E-state index contributed by atoms with van der Waals surface area (Å²) in [6.45, 7) is 8.88. The Hall–Kier alpha value is -6.03. The molecule has 1 fully saturated rings. The Balaban J connectivity index is 2.43. The molecule has 0 spiro atoms. The molecule has 7 amide bonds. The molecule has 0 bridgehead atoms. The van der Waals surface area contributed by atoms with E-state index in [-0.39, 0.29) is 50.6 Å². The average molecular weight is 917 g/mol. The summed E-state index contributed by atoms with van der Waals surface area (Å²) in [5, 5.41) is 38.1. The molecule has 1 aliphatic rings. The number of aliphatic imine (C=N–C) groups is 1. The van der Waals surface area contributed by atoms with E-state index in [2.05, 4.69) is 42.2 Å². The Labute approximate surface area is 380 Å². The molecule has 364 valence electrons. The lowest BCUT2D eigenvalue weighted by Crippen LogP contribution is -2.61. The number of phenols is 1. The van der Waals surface area contributed by atoms with Crippen LogP contribution in [0.25, 0.3) is 0 Å². The minimum Gasteiger partial charge on any atom is -0.508 e. The van der Waals surface area contributed by atoms with Crippen LogP contribution in [0.5, 0.6) is 5.75 Å². The first-order valence-electron chi connectivity index (χ1n) is 22.3. The van der Waals surface area contributed by atoms with Gasteiger partial charge in [0, 0.05) is 19.5 Å². The zero-order valence-electron chi connectivity index (χ0n) is 38.5. The predicted molar refractivity (Wildman–Crippen MR) is 242 cm³/mol. The van der Waals surface area contributed by atoms with Gasteiger partial charge in [-0.2, -0.15) is 0 Å². The zero-order chi connectivity index (χ0) is 48.8. The molecule has 2 rings (SSSR count). The molecule has 1 aliphatic heterocycles. The van der Waals surface area contributed by atoms with Gasteiger partial charge >= 0.3 is 5.97 Å². The normalized spacial score (nSPS) is 16.7. The van der Waals surface area contributed by atoms with Crippen molar-refractivity contribution in [3.63, 3.8) is 0 Å². The van der Waals surface area contributed by atoms with Crippen molar-refractivity contribution in [1.29, 1.82) is 0 Å². The number of nitrogens with zero attached hydrogens (tertiary/aromatic N) is 2. The fourth-order valence-corrected chi connectivity index (χ4v) is 7.15. The number of hydrogen-bond acceptors (Lipinski definition) is 12. The smallest absolute Gasteiger partial charge is 0.325 e. The lowest BCUT2D eigenvalue weighted by molar-refractivity contribution is -0.144. The molecule has 1 aromatic carbocycles. The van der Waals surface area contributed by atoms with Gasteiger partial charge in [-0.05, 0) is 95.0 Å². The fraction of sp³-hybridized carbons (Fsp3) is 0.651. The SMILES string of the molecule is CC[C@H](C)[C@H](NC(=O)[C@H](Cc1ccc(O)cc1)NC(=O)[C@@H](NC(=O)[C@H](CCCN=C(N)N)NC(=O)CNC)C(C)C)C(=O)N[C@@H](CCCCN)C(=O)N1CCC[C@H]1C(=O)N[C@H](C)C(=O)O. The summed E-state index contributed by atoms with van der Waals surface area (Å²) in [5.74, 6) is -6.87. The van der Waals surface area contributed by atoms with Crippen molar-refractivity contribution in [3.05, 3.63) is 29.8 Å². The van der Waals surface area contributed by atoms with E-state index < -0.39 is 101 Å². The number of phenolic OH excluding ortho intramolecular Hbond substituents is 1. The lowest BCUT2D eigenvalue weighted by atomic mass is 9.96. The zero-order valence-corrected chi connectivity index (χ0v) is 38.5. The molecule has 22 nitrogen and oxygen atoms in total. The minimum absolute atomic E-state index is 0.0317. The summed E-state index contributed by atoms with van der Waals surface area (Å²) >= 11 is 0. The maximum atomic E-state index is 14.4. The minimum atomic E-state index is -1.32. The molecule has 0 aromatic heterocycles. The summed E-state index contributed by atoms with van der Waals surface area (Å²) in [6, 6.07) is -2.11. The van der Waals surface area contributed by atoms with Crippen LogP contribution in [-0.2, 0) is 44.8 Å². The van der Waals surface area contributed by atoms with Crippen molar-refractivity contribution in [2.45, 2.75) is 135 Å². The van der Waals surface area contributed by atoms with Crippen LogP contribution >= 0.6 is 0 Å². The standard InChI is InChI=1S/C43H72N12O10/c1-7-25(4)35(40(62)51-30(12-8-9-19-44)41(63)55-21-11-14-32(55)38(60)49-26(5)42(64)65)54-37(59)31(22-27-15-17-28(56)18-16-27)52-39(61)34(24(2)3)53-36(58)29(50-33(57)23-47-6)13-10-20-48-43(45)46/h15-18,24-26,29-32,34-35,47,56H,7-14,19-23,44H2,1-6H3,(H,49,60)(H,50,57)(H,51,62)(H,52,61)(H,53,58)(H,54,59)(H,64,65)(H4,45,46,48)/t25-,26+,29-,30-,31-,32-,34-,35-/m0/s1. The number of likely N-dealkylation sites (tertiary alicyclic amines) is 1.